The van der Waals surface area contributed by atoms with Gasteiger partial charge in [-0.25, -0.2) is 9.59 Å². The maximum atomic E-state index is 13.0. The highest BCUT2D eigenvalue weighted by atomic mass is 16.6. The Labute approximate surface area is 254 Å². The zero-order valence-corrected chi connectivity index (χ0v) is 25.9. The summed E-state index contributed by atoms with van der Waals surface area (Å²) in [5, 5.41) is 20.6. The highest BCUT2D eigenvalue weighted by Crippen LogP contribution is 2.44. The number of aliphatic carboxylic acids is 1. The van der Waals surface area contributed by atoms with E-state index < -0.39 is 18.1 Å². The second-order valence-corrected chi connectivity index (χ2v) is 13.0. The van der Waals surface area contributed by atoms with E-state index >= 15 is 0 Å². The van der Waals surface area contributed by atoms with Gasteiger partial charge in [0.05, 0.1) is 5.57 Å². The molecule has 4 rings (SSSR count). The lowest BCUT2D eigenvalue weighted by atomic mass is 9.75. The van der Waals surface area contributed by atoms with Gasteiger partial charge in [-0.05, 0) is 59.3 Å². The number of carbonyl (C=O) groups excluding carboxylic acids is 2. The molecule has 0 heterocycles. The molecule has 0 fully saturated rings. The molecule has 8 nitrogen and oxygen atoms in total. The first-order chi connectivity index (χ1) is 20.4. The van der Waals surface area contributed by atoms with Gasteiger partial charge in [-0.3, -0.25) is 14.7 Å². The number of likely N-dealkylation sites (N-methyl/N-ethyl adjacent to an activating group) is 1. The number of carboxylic acids is 1. The fourth-order valence-electron chi connectivity index (χ4n) is 6.22. The zero-order chi connectivity index (χ0) is 31.3. The summed E-state index contributed by atoms with van der Waals surface area (Å²) in [6.07, 6.45) is 2.05. The van der Waals surface area contributed by atoms with Crippen LogP contribution < -0.4 is 0 Å². The quantitative estimate of drug-likeness (QED) is 0.200. The first kappa shape index (κ1) is 32.0. The number of carboxylic acid groups (broad SMARTS) is 1. The lowest BCUT2D eigenvalue weighted by Gasteiger charge is -2.30. The van der Waals surface area contributed by atoms with Crippen molar-refractivity contribution in [2.45, 2.75) is 78.2 Å². The number of carbonyl (C=O) groups is 3. The Morgan fingerprint density at radius 1 is 1.02 bits per heavy atom. The number of nitrogens with zero attached hydrogens (tertiary/aromatic N) is 2. The molecule has 2 aromatic rings. The van der Waals surface area contributed by atoms with E-state index in [9.17, 15) is 24.6 Å². The molecule has 43 heavy (non-hydrogen) atoms. The standard InChI is InChI=1S/C35H44N2O6/c1-22(2)18-28(32-30(38)19-35(3,4)20-31(32)39)36-17-11-10-16-29(33(40)41)37(5)34(42)43-21-27-25-14-8-6-12-23(25)24-13-7-9-15-26(24)27/h6-9,12-15,22,27,29,38H,10-11,16-21H2,1-5H3,(H,40,41)/t29-/m0/s1. The van der Waals surface area contributed by atoms with Gasteiger partial charge in [0.2, 0.25) is 0 Å². The highest BCUT2D eigenvalue weighted by Gasteiger charge is 2.35. The van der Waals surface area contributed by atoms with Gasteiger partial charge in [0.1, 0.15) is 18.4 Å². The molecular weight excluding hydrogens is 544 g/mol. The Morgan fingerprint density at radius 3 is 2.19 bits per heavy atom. The number of ketones is 1. The number of Topliss-reactive ketones (excluding diaryl/α,β-unsaturated/α-hetero) is 1. The molecule has 2 aliphatic rings. The normalized spacial score (nSPS) is 17.1. The summed E-state index contributed by atoms with van der Waals surface area (Å²) in [6.45, 7) is 8.54. The lowest BCUT2D eigenvalue weighted by Crippen LogP contribution is -2.43. The van der Waals surface area contributed by atoms with E-state index in [1.54, 1.807) is 0 Å². The van der Waals surface area contributed by atoms with Crippen LogP contribution in [0.15, 0.2) is 64.9 Å². The zero-order valence-electron chi connectivity index (χ0n) is 25.9. The number of aliphatic hydroxyl groups excluding tert-OH is 1. The SMILES string of the molecule is CC(C)CC(=NCCCC[C@@H](C(=O)O)N(C)C(=O)OCC1c2ccccc2-c2ccccc21)C1=C(O)CC(C)(C)CC1=O. The molecule has 0 radical (unpaired) electrons. The van der Waals surface area contributed by atoms with Crippen molar-refractivity contribution in [2.75, 3.05) is 20.2 Å². The number of hydrogen-bond acceptors (Lipinski definition) is 6. The van der Waals surface area contributed by atoms with Crippen molar-refractivity contribution in [1.82, 2.24) is 4.90 Å². The van der Waals surface area contributed by atoms with Gasteiger partial charge in [0, 0.05) is 38.1 Å². The second kappa shape index (κ2) is 13.6. The molecule has 0 spiro atoms. The van der Waals surface area contributed by atoms with Gasteiger partial charge in [-0.2, -0.15) is 0 Å². The van der Waals surface area contributed by atoms with Gasteiger partial charge in [0.25, 0.3) is 0 Å². The Balaban J connectivity index is 1.34. The van der Waals surface area contributed by atoms with E-state index in [0.717, 1.165) is 27.2 Å². The largest absolute Gasteiger partial charge is 0.511 e. The number of aliphatic hydroxyl groups is 1. The first-order valence-electron chi connectivity index (χ1n) is 15.2. The fraction of sp³-hybridized carbons (Fsp3) is 0.486. The smallest absolute Gasteiger partial charge is 0.410 e. The number of hydrogen-bond donors (Lipinski definition) is 2. The minimum atomic E-state index is -1.09. The molecule has 0 saturated heterocycles. The number of aliphatic imine (C=N–C) groups is 1. The van der Waals surface area contributed by atoms with Crippen molar-refractivity contribution in [3.05, 3.63) is 71.0 Å². The van der Waals surface area contributed by atoms with E-state index in [1.165, 1.54) is 7.05 Å². The van der Waals surface area contributed by atoms with Crippen molar-refractivity contribution in [1.29, 1.82) is 0 Å². The average molecular weight is 589 g/mol. The van der Waals surface area contributed by atoms with Crippen LogP contribution in [-0.4, -0.2) is 64.9 Å². The first-order valence-corrected chi connectivity index (χ1v) is 15.2. The molecule has 230 valence electrons. The molecular formula is C35H44N2O6. The third-order valence-electron chi connectivity index (χ3n) is 8.31. The third-order valence-corrected chi connectivity index (χ3v) is 8.31. The molecule has 0 saturated carbocycles. The maximum Gasteiger partial charge on any atom is 0.410 e. The minimum absolute atomic E-state index is 0.0798. The van der Waals surface area contributed by atoms with Crippen molar-refractivity contribution in [3.8, 4) is 11.1 Å². The van der Waals surface area contributed by atoms with Gasteiger partial charge < -0.3 is 14.9 Å². The van der Waals surface area contributed by atoms with E-state index in [0.29, 0.717) is 49.9 Å². The molecule has 0 aromatic heterocycles. The third kappa shape index (κ3) is 7.53. The van der Waals surface area contributed by atoms with Gasteiger partial charge >= 0.3 is 12.1 Å². The lowest BCUT2D eigenvalue weighted by molar-refractivity contribution is -0.142. The summed E-state index contributed by atoms with van der Waals surface area (Å²) < 4.78 is 5.67. The predicted molar refractivity (Wildman–Crippen MR) is 168 cm³/mol. The topological polar surface area (TPSA) is 116 Å². The fourth-order valence-corrected chi connectivity index (χ4v) is 6.22. The monoisotopic (exact) mass is 588 g/mol. The van der Waals surface area contributed by atoms with Crippen molar-refractivity contribution in [2.24, 2.45) is 16.3 Å². The molecule has 2 aromatic carbocycles. The van der Waals surface area contributed by atoms with E-state index in [-0.39, 0.29) is 41.8 Å². The van der Waals surface area contributed by atoms with Crippen LogP contribution in [0.25, 0.3) is 11.1 Å². The summed E-state index contributed by atoms with van der Waals surface area (Å²) in [6, 6.07) is 15.1. The minimum Gasteiger partial charge on any atom is -0.511 e. The summed E-state index contributed by atoms with van der Waals surface area (Å²) in [5.74, 6) is -0.919. The van der Waals surface area contributed by atoms with E-state index in [4.69, 9.17) is 9.73 Å². The number of benzene rings is 2. The van der Waals surface area contributed by atoms with Gasteiger partial charge in [0.15, 0.2) is 5.78 Å². The van der Waals surface area contributed by atoms with E-state index in [1.807, 2.05) is 64.1 Å². The van der Waals surface area contributed by atoms with E-state index in [2.05, 4.69) is 12.1 Å². The van der Waals surface area contributed by atoms with Crippen molar-refractivity contribution >= 4 is 23.6 Å². The number of ether oxygens (including phenoxy) is 1. The molecule has 8 heteroatoms. The number of allylic oxidation sites excluding steroid dienone is 2. The average Bonchev–Trinajstić information content (AvgIpc) is 3.25. The Morgan fingerprint density at radius 2 is 1.63 bits per heavy atom. The molecule has 0 unspecified atom stereocenters. The number of amides is 1. The van der Waals surface area contributed by atoms with Crippen LogP contribution in [0.3, 0.4) is 0 Å². The van der Waals surface area contributed by atoms with Crippen LogP contribution >= 0.6 is 0 Å². The van der Waals surface area contributed by atoms with Gasteiger partial charge in [-0.1, -0.05) is 76.2 Å². The molecule has 2 aliphatic carbocycles. The van der Waals surface area contributed by atoms with Crippen molar-refractivity contribution < 1.29 is 29.3 Å². The Kier molecular flexibility index (Phi) is 10.1. The molecule has 1 amide bonds. The summed E-state index contributed by atoms with van der Waals surface area (Å²) in [4.78, 5) is 43.8. The number of rotatable bonds is 12. The van der Waals surface area contributed by atoms with Crippen LogP contribution in [0.2, 0.25) is 0 Å². The highest BCUT2D eigenvalue weighted by molar-refractivity contribution is 6.23. The molecule has 2 N–H and O–H groups in total. The second-order valence-electron chi connectivity index (χ2n) is 13.0. The van der Waals surface area contributed by atoms with Crippen LogP contribution in [0.5, 0.6) is 0 Å². The van der Waals surface area contributed by atoms with Crippen LogP contribution in [0.4, 0.5) is 4.79 Å². The Hall–Kier alpha value is -3.94. The van der Waals surface area contributed by atoms with Crippen LogP contribution in [0, 0.1) is 11.3 Å². The maximum absolute atomic E-state index is 13.0. The van der Waals surface area contributed by atoms with Crippen LogP contribution in [0.1, 0.15) is 83.3 Å². The number of unbranched alkanes of at least 4 members (excludes halogenated alkanes) is 1. The predicted octanol–water partition coefficient (Wildman–Crippen LogP) is 7.18. The molecule has 0 bridgehead atoms. The summed E-state index contributed by atoms with van der Waals surface area (Å²) in [7, 11) is 1.46. The van der Waals surface area contributed by atoms with Gasteiger partial charge in [-0.15, -0.1) is 0 Å². The number of fused-ring (bicyclic) bond motifs is 3. The summed E-state index contributed by atoms with van der Waals surface area (Å²) in [5.41, 5.74) is 5.13. The molecule has 1 atom stereocenters. The van der Waals surface area contributed by atoms with Crippen LogP contribution in [-0.2, 0) is 14.3 Å². The van der Waals surface area contributed by atoms with Crippen molar-refractivity contribution in [3.63, 3.8) is 0 Å². The summed E-state index contributed by atoms with van der Waals surface area (Å²) >= 11 is 0. The Bertz CT molecular complexity index is 1380. The molecule has 0 aliphatic heterocycles.